The predicted molar refractivity (Wildman–Crippen MR) is 78.3 cm³/mol. The van der Waals surface area contributed by atoms with Crippen molar-refractivity contribution in [3.8, 4) is 5.75 Å². The highest BCUT2D eigenvalue weighted by Crippen LogP contribution is 2.26. The number of nitrogens with one attached hydrogen (secondary N) is 1. The maximum Gasteiger partial charge on any atom is 0.244 e. The first-order valence-corrected chi connectivity index (χ1v) is 7.90. The minimum absolute atomic E-state index is 0.0592. The van der Waals surface area contributed by atoms with Crippen LogP contribution in [0.2, 0.25) is 0 Å². The number of rotatable bonds is 8. The smallest absolute Gasteiger partial charge is 0.244 e. The van der Waals surface area contributed by atoms with Crippen LogP contribution in [-0.2, 0) is 14.8 Å². The molecule has 6 nitrogen and oxygen atoms in total. The third kappa shape index (κ3) is 4.66. The molecule has 0 saturated carbocycles. The quantitative estimate of drug-likeness (QED) is 0.705. The Morgan fingerprint density at radius 2 is 2.10 bits per heavy atom. The number of ether oxygens (including phenoxy) is 2. The molecule has 0 heterocycles. The van der Waals surface area contributed by atoms with Gasteiger partial charge in [-0.25, -0.2) is 13.1 Å². The molecular weight excluding hydrogens is 280 g/mol. The first-order chi connectivity index (χ1) is 9.40. The molecule has 0 aliphatic rings. The van der Waals surface area contributed by atoms with Crippen molar-refractivity contribution >= 4 is 15.7 Å². The number of anilines is 1. The zero-order chi connectivity index (χ0) is 15.2. The fraction of sp³-hybridized carbons (Fsp3) is 0.538. The van der Waals surface area contributed by atoms with Crippen molar-refractivity contribution in [2.75, 3.05) is 32.6 Å². The van der Waals surface area contributed by atoms with Crippen LogP contribution in [0.5, 0.6) is 5.75 Å². The second kappa shape index (κ2) is 7.47. The average molecular weight is 302 g/mol. The molecule has 0 amide bonds. The molecule has 0 aliphatic carbocycles. The highest BCUT2D eigenvalue weighted by molar-refractivity contribution is 7.89. The highest BCUT2D eigenvalue weighted by Gasteiger charge is 2.20. The second-order valence-electron chi connectivity index (χ2n) is 4.55. The Labute approximate surface area is 120 Å². The van der Waals surface area contributed by atoms with Gasteiger partial charge in [-0.15, -0.1) is 0 Å². The first kappa shape index (κ1) is 16.7. The van der Waals surface area contributed by atoms with Gasteiger partial charge in [-0.1, -0.05) is 6.92 Å². The van der Waals surface area contributed by atoms with Gasteiger partial charge in [0.15, 0.2) is 0 Å². The summed E-state index contributed by atoms with van der Waals surface area (Å²) in [7, 11) is -2.08. The molecule has 20 heavy (non-hydrogen) atoms. The Kier molecular flexibility index (Phi) is 6.25. The van der Waals surface area contributed by atoms with Crippen LogP contribution in [0.25, 0.3) is 0 Å². The third-order valence-corrected chi connectivity index (χ3v) is 4.07. The van der Waals surface area contributed by atoms with Gasteiger partial charge in [0.1, 0.15) is 10.6 Å². The van der Waals surface area contributed by atoms with Crippen LogP contribution in [0, 0.1) is 5.92 Å². The van der Waals surface area contributed by atoms with E-state index in [0.717, 1.165) is 0 Å². The van der Waals surface area contributed by atoms with Crippen LogP contribution in [0.4, 0.5) is 5.69 Å². The number of hydrogen-bond acceptors (Lipinski definition) is 5. The Hall–Kier alpha value is -1.31. The van der Waals surface area contributed by atoms with Crippen molar-refractivity contribution in [3.05, 3.63) is 18.2 Å². The molecule has 0 aromatic heterocycles. The van der Waals surface area contributed by atoms with Crippen LogP contribution in [0.15, 0.2) is 23.1 Å². The van der Waals surface area contributed by atoms with Gasteiger partial charge in [-0.2, -0.15) is 0 Å². The van der Waals surface area contributed by atoms with E-state index in [9.17, 15) is 8.42 Å². The van der Waals surface area contributed by atoms with Gasteiger partial charge in [0.2, 0.25) is 10.0 Å². The van der Waals surface area contributed by atoms with E-state index in [1.807, 2.05) is 6.92 Å². The molecule has 114 valence electrons. The van der Waals surface area contributed by atoms with E-state index in [4.69, 9.17) is 15.2 Å². The Balaban J connectivity index is 2.93. The Bertz CT molecular complexity index is 531. The molecule has 3 N–H and O–H groups in total. The van der Waals surface area contributed by atoms with Gasteiger partial charge in [0.05, 0.1) is 6.61 Å². The lowest BCUT2D eigenvalue weighted by Gasteiger charge is -2.15. The monoisotopic (exact) mass is 302 g/mol. The maximum absolute atomic E-state index is 12.3. The predicted octanol–water partition coefficient (Wildman–Crippen LogP) is 1.23. The standard InChI is InChI=1S/C13H22N2O4S/c1-4-19-12-6-5-11(14)7-13(12)20(16,17)15-8-10(2)9-18-3/h5-7,10,15H,4,8-9,14H2,1-3H3. The fourth-order valence-electron chi connectivity index (χ4n) is 1.68. The van der Waals surface area contributed by atoms with E-state index in [1.54, 1.807) is 26.2 Å². The molecule has 7 heteroatoms. The van der Waals surface area contributed by atoms with Crippen molar-refractivity contribution < 1.29 is 17.9 Å². The summed E-state index contributed by atoms with van der Waals surface area (Å²) < 4.78 is 37.5. The average Bonchev–Trinajstić information content (AvgIpc) is 2.39. The van der Waals surface area contributed by atoms with Crippen LogP contribution < -0.4 is 15.2 Å². The van der Waals surface area contributed by atoms with Crippen molar-refractivity contribution in [1.82, 2.24) is 4.72 Å². The number of hydrogen-bond donors (Lipinski definition) is 2. The Morgan fingerprint density at radius 3 is 2.70 bits per heavy atom. The normalized spacial score (nSPS) is 13.2. The molecule has 0 fully saturated rings. The van der Waals surface area contributed by atoms with Gasteiger partial charge < -0.3 is 15.2 Å². The SMILES string of the molecule is CCOc1ccc(N)cc1S(=O)(=O)NCC(C)COC. The number of nitrogens with two attached hydrogens (primary N) is 1. The summed E-state index contributed by atoms with van der Waals surface area (Å²) in [5.41, 5.74) is 6.03. The number of methoxy groups -OCH3 is 1. The molecule has 0 radical (unpaired) electrons. The van der Waals surface area contributed by atoms with E-state index in [-0.39, 0.29) is 17.4 Å². The van der Waals surface area contributed by atoms with E-state index < -0.39 is 10.0 Å². The third-order valence-electron chi connectivity index (χ3n) is 2.63. The summed E-state index contributed by atoms with van der Waals surface area (Å²) in [6, 6.07) is 4.57. The van der Waals surface area contributed by atoms with Crippen molar-refractivity contribution in [1.29, 1.82) is 0 Å². The molecule has 0 aliphatic heterocycles. The maximum atomic E-state index is 12.3. The Morgan fingerprint density at radius 1 is 1.40 bits per heavy atom. The molecule has 1 unspecified atom stereocenters. The molecular formula is C13H22N2O4S. The van der Waals surface area contributed by atoms with Gasteiger partial charge in [-0.3, -0.25) is 0 Å². The largest absolute Gasteiger partial charge is 0.492 e. The molecule has 1 rings (SSSR count). The number of nitrogen functional groups attached to an aromatic ring is 1. The summed E-state index contributed by atoms with van der Waals surface area (Å²) in [5, 5.41) is 0. The topological polar surface area (TPSA) is 90.7 Å². The molecule has 1 aromatic rings. The van der Waals surface area contributed by atoms with Gasteiger partial charge >= 0.3 is 0 Å². The van der Waals surface area contributed by atoms with E-state index in [2.05, 4.69) is 4.72 Å². The van der Waals surface area contributed by atoms with E-state index >= 15 is 0 Å². The molecule has 1 aromatic carbocycles. The highest BCUT2D eigenvalue weighted by atomic mass is 32.2. The molecule has 1 atom stereocenters. The first-order valence-electron chi connectivity index (χ1n) is 6.41. The fourth-order valence-corrected chi connectivity index (χ4v) is 3.03. The number of benzene rings is 1. The van der Waals surface area contributed by atoms with E-state index in [0.29, 0.717) is 24.7 Å². The second-order valence-corrected chi connectivity index (χ2v) is 6.29. The van der Waals surface area contributed by atoms with Crippen molar-refractivity contribution in [2.24, 2.45) is 5.92 Å². The van der Waals surface area contributed by atoms with Crippen molar-refractivity contribution in [3.63, 3.8) is 0 Å². The summed E-state index contributed by atoms with van der Waals surface area (Å²) in [6.45, 7) is 4.84. The lowest BCUT2D eigenvalue weighted by atomic mass is 10.2. The summed E-state index contributed by atoms with van der Waals surface area (Å²) in [6.07, 6.45) is 0. The summed E-state index contributed by atoms with van der Waals surface area (Å²) in [4.78, 5) is 0.0592. The van der Waals surface area contributed by atoms with Gasteiger partial charge in [0.25, 0.3) is 0 Å². The molecule has 0 spiro atoms. The van der Waals surface area contributed by atoms with Gasteiger partial charge in [0, 0.05) is 25.9 Å². The lowest BCUT2D eigenvalue weighted by Crippen LogP contribution is -2.30. The number of sulfonamides is 1. The lowest BCUT2D eigenvalue weighted by molar-refractivity contribution is 0.161. The van der Waals surface area contributed by atoms with Crippen LogP contribution in [0.3, 0.4) is 0 Å². The zero-order valence-electron chi connectivity index (χ0n) is 12.0. The molecule has 0 bridgehead atoms. The van der Waals surface area contributed by atoms with Crippen LogP contribution in [-0.4, -0.2) is 35.3 Å². The minimum Gasteiger partial charge on any atom is -0.492 e. The molecule has 0 saturated heterocycles. The minimum atomic E-state index is -3.66. The van der Waals surface area contributed by atoms with Crippen LogP contribution in [0.1, 0.15) is 13.8 Å². The van der Waals surface area contributed by atoms with Crippen LogP contribution >= 0.6 is 0 Å². The van der Waals surface area contributed by atoms with Gasteiger partial charge in [-0.05, 0) is 31.0 Å². The zero-order valence-corrected chi connectivity index (χ0v) is 12.9. The summed E-state index contributed by atoms with van der Waals surface area (Å²) >= 11 is 0. The summed E-state index contributed by atoms with van der Waals surface area (Å²) in [5.74, 6) is 0.375. The van der Waals surface area contributed by atoms with E-state index in [1.165, 1.54) is 6.07 Å². The van der Waals surface area contributed by atoms with Crippen molar-refractivity contribution in [2.45, 2.75) is 18.7 Å².